The third-order valence-electron chi connectivity index (χ3n) is 4.80. The monoisotopic (exact) mass is 447 g/mol. The van der Waals surface area contributed by atoms with Crippen LogP contribution in [0.3, 0.4) is 0 Å². The number of anilines is 1. The van der Waals surface area contributed by atoms with Crippen molar-refractivity contribution in [1.82, 2.24) is 9.36 Å². The van der Waals surface area contributed by atoms with E-state index in [0.717, 1.165) is 12.8 Å². The average Bonchev–Trinajstić information content (AvgIpc) is 2.93. The van der Waals surface area contributed by atoms with Gasteiger partial charge in [0.2, 0.25) is 0 Å². The van der Waals surface area contributed by atoms with Crippen molar-refractivity contribution in [2.75, 3.05) is 11.9 Å². The van der Waals surface area contributed by atoms with Gasteiger partial charge >= 0.3 is 0 Å². The van der Waals surface area contributed by atoms with Gasteiger partial charge in [0.05, 0.1) is 28.0 Å². The fraction of sp³-hybridized carbons (Fsp3) is 0.273. The van der Waals surface area contributed by atoms with Gasteiger partial charge in [-0.1, -0.05) is 54.7 Å². The maximum atomic E-state index is 13.0. The minimum atomic E-state index is -0.482. The van der Waals surface area contributed by atoms with Crippen LogP contribution in [0.2, 0.25) is 10.0 Å². The maximum Gasteiger partial charge on any atom is 0.295 e. The van der Waals surface area contributed by atoms with E-state index in [9.17, 15) is 9.59 Å². The van der Waals surface area contributed by atoms with Crippen LogP contribution in [0.15, 0.2) is 47.3 Å². The van der Waals surface area contributed by atoms with Crippen molar-refractivity contribution < 1.29 is 9.53 Å². The molecule has 0 atom stereocenters. The molecule has 1 amide bonds. The van der Waals surface area contributed by atoms with Gasteiger partial charge in [-0.25, -0.2) is 4.68 Å². The van der Waals surface area contributed by atoms with Gasteiger partial charge in [-0.15, -0.1) is 0 Å². The van der Waals surface area contributed by atoms with Crippen molar-refractivity contribution in [2.45, 2.75) is 26.7 Å². The number of nitrogens with zero attached hydrogens (tertiary/aromatic N) is 2. The SMILES string of the molecule is CCCCOc1c(Cl)cc(C(=O)Nc2c(C)n(C)n(-c3ccccc3)c2=O)cc1Cl. The van der Waals surface area contributed by atoms with Crippen molar-refractivity contribution in [1.29, 1.82) is 0 Å². The summed E-state index contributed by atoms with van der Waals surface area (Å²) >= 11 is 12.5. The van der Waals surface area contributed by atoms with Crippen molar-refractivity contribution in [3.8, 4) is 11.4 Å². The van der Waals surface area contributed by atoms with Crippen LogP contribution in [0.1, 0.15) is 35.8 Å². The van der Waals surface area contributed by atoms with E-state index in [0.29, 0.717) is 23.7 Å². The molecule has 0 fully saturated rings. The molecular weight excluding hydrogens is 425 g/mol. The van der Waals surface area contributed by atoms with Gasteiger partial charge in [-0.2, -0.15) is 0 Å². The lowest BCUT2D eigenvalue weighted by Gasteiger charge is -2.11. The second-order valence-electron chi connectivity index (χ2n) is 6.86. The number of carbonyl (C=O) groups is 1. The van der Waals surface area contributed by atoms with E-state index >= 15 is 0 Å². The number of rotatable bonds is 7. The lowest BCUT2D eigenvalue weighted by atomic mass is 10.2. The van der Waals surface area contributed by atoms with Crippen molar-refractivity contribution in [3.63, 3.8) is 0 Å². The first kappa shape index (κ1) is 22.0. The lowest BCUT2D eigenvalue weighted by molar-refractivity contribution is 0.102. The number of halogens is 2. The van der Waals surface area contributed by atoms with E-state index in [1.54, 1.807) is 18.7 Å². The summed E-state index contributed by atoms with van der Waals surface area (Å²) in [5.74, 6) is -0.129. The number of nitrogens with one attached hydrogen (secondary N) is 1. The topological polar surface area (TPSA) is 65.3 Å². The summed E-state index contributed by atoms with van der Waals surface area (Å²) in [4.78, 5) is 25.8. The maximum absolute atomic E-state index is 13.0. The highest BCUT2D eigenvalue weighted by Gasteiger charge is 2.20. The molecule has 0 bridgehead atoms. The standard InChI is InChI=1S/C22H23Cl2N3O3/c1-4-5-11-30-20-17(23)12-15(13-18(20)24)21(28)25-19-14(2)26(3)27(22(19)29)16-9-7-6-8-10-16/h6-10,12-13H,4-5,11H2,1-3H3,(H,25,28). The molecule has 0 spiro atoms. The number of ether oxygens (including phenoxy) is 1. The predicted octanol–water partition coefficient (Wildman–Crippen LogP) is 5.22. The van der Waals surface area contributed by atoms with Crippen LogP contribution in [-0.2, 0) is 7.05 Å². The summed E-state index contributed by atoms with van der Waals surface area (Å²) in [6, 6.07) is 12.2. The first-order valence-electron chi connectivity index (χ1n) is 9.62. The zero-order valence-corrected chi connectivity index (χ0v) is 18.5. The largest absolute Gasteiger partial charge is 0.490 e. The van der Waals surface area contributed by atoms with Gasteiger partial charge < -0.3 is 10.1 Å². The Morgan fingerprint density at radius 3 is 2.37 bits per heavy atom. The van der Waals surface area contributed by atoms with E-state index in [1.165, 1.54) is 16.8 Å². The van der Waals surface area contributed by atoms with Crippen LogP contribution in [0, 0.1) is 6.92 Å². The van der Waals surface area contributed by atoms with Gasteiger partial charge in [0.15, 0.2) is 5.75 Å². The van der Waals surface area contributed by atoms with Crippen molar-refractivity contribution >= 4 is 34.8 Å². The summed E-state index contributed by atoms with van der Waals surface area (Å²) in [6.45, 7) is 4.31. The molecular formula is C22H23Cl2N3O3. The van der Waals surface area contributed by atoms with Crippen LogP contribution in [-0.4, -0.2) is 21.9 Å². The molecule has 3 rings (SSSR count). The minimum absolute atomic E-state index is 0.196. The summed E-state index contributed by atoms with van der Waals surface area (Å²) in [6.07, 6.45) is 1.85. The Hall–Kier alpha value is -2.70. The molecule has 0 aliphatic carbocycles. The van der Waals surface area contributed by atoms with Crippen molar-refractivity contribution in [2.24, 2.45) is 7.05 Å². The van der Waals surface area contributed by atoms with E-state index in [1.807, 2.05) is 30.3 Å². The molecule has 30 heavy (non-hydrogen) atoms. The smallest absolute Gasteiger partial charge is 0.295 e. The van der Waals surface area contributed by atoms with Crippen LogP contribution in [0.5, 0.6) is 5.75 Å². The molecule has 0 saturated carbocycles. The normalized spacial score (nSPS) is 10.8. The molecule has 0 radical (unpaired) electrons. The predicted molar refractivity (Wildman–Crippen MR) is 121 cm³/mol. The Kier molecular flexibility index (Phi) is 6.90. The molecule has 2 aromatic carbocycles. The number of para-hydroxylation sites is 1. The molecule has 8 heteroatoms. The summed E-state index contributed by atoms with van der Waals surface area (Å²) in [5.41, 5.74) is 1.43. The Balaban J connectivity index is 1.89. The molecule has 0 saturated heterocycles. The molecule has 158 valence electrons. The van der Waals surface area contributed by atoms with Gasteiger partial charge in [-0.05, 0) is 37.6 Å². The zero-order chi connectivity index (χ0) is 21.8. The average molecular weight is 448 g/mol. The van der Waals surface area contributed by atoms with E-state index in [4.69, 9.17) is 27.9 Å². The van der Waals surface area contributed by atoms with Gasteiger partial charge in [-0.3, -0.25) is 14.3 Å². The first-order valence-corrected chi connectivity index (χ1v) is 10.4. The Bertz CT molecular complexity index is 1100. The molecule has 3 aromatic rings. The second-order valence-corrected chi connectivity index (χ2v) is 7.68. The molecule has 1 aromatic heterocycles. The number of benzene rings is 2. The molecule has 0 unspecified atom stereocenters. The number of aromatic nitrogens is 2. The summed E-state index contributed by atoms with van der Waals surface area (Å²) in [5, 5.41) is 3.19. The van der Waals surface area contributed by atoms with Crippen molar-refractivity contribution in [3.05, 3.63) is 74.1 Å². The van der Waals surface area contributed by atoms with Crippen LogP contribution in [0.25, 0.3) is 5.69 Å². The summed E-state index contributed by atoms with van der Waals surface area (Å²) < 4.78 is 8.80. The molecule has 0 aliphatic rings. The number of hydrogen-bond donors (Lipinski definition) is 1. The quantitative estimate of drug-likeness (QED) is 0.504. The second kappa shape index (κ2) is 9.41. The summed E-state index contributed by atoms with van der Waals surface area (Å²) in [7, 11) is 1.76. The first-order chi connectivity index (χ1) is 14.3. The molecule has 1 N–H and O–H groups in total. The number of hydrogen-bond acceptors (Lipinski definition) is 3. The number of carbonyl (C=O) groups excluding carboxylic acids is 1. The Morgan fingerprint density at radius 1 is 1.13 bits per heavy atom. The number of unbranched alkanes of at least 4 members (excludes halogenated alkanes) is 1. The third kappa shape index (κ3) is 4.40. The molecule has 1 heterocycles. The highest BCUT2D eigenvalue weighted by molar-refractivity contribution is 6.37. The highest BCUT2D eigenvalue weighted by Crippen LogP contribution is 2.34. The lowest BCUT2D eigenvalue weighted by Crippen LogP contribution is -2.23. The highest BCUT2D eigenvalue weighted by atomic mass is 35.5. The fourth-order valence-electron chi connectivity index (χ4n) is 3.05. The van der Waals surface area contributed by atoms with E-state index in [2.05, 4.69) is 12.2 Å². The van der Waals surface area contributed by atoms with Gasteiger partial charge in [0.25, 0.3) is 11.5 Å². The van der Waals surface area contributed by atoms with E-state index < -0.39 is 5.91 Å². The minimum Gasteiger partial charge on any atom is -0.490 e. The third-order valence-corrected chi connectivity index (χ3v) is 5.36. The molecule has 6 nitrogen and oxygen atoms in total. The Morgan fingerprint density at radius 2 is 1.77 bits per heavy atom. The van der Waals surface area contributed by atoms with Crippen LogP contribution < -0.4 is 15.6 Å². The molecule has 0 aliphatic heterocycles. The van der Waals surface area contributed by atoms with E-state index in [-0.39, 0.29) is 26.9 Å². The fourth-order valence-corrected chi connectivity index (χ4v) is 3.64. The zero-order valence-electron chi connectivity index (χ0n) is 17.0. The van der Waals surface area contributed by atoms with Gasteiger partial charge in [0.1, 0.15) is 5.69 Å². The Labute approximate surface area is 185 Å². The number of amides is 1. The van der Waals surface area contributed by atoms with Crippen LogP contribution >= 0.6 is 23.2 Å². The van der Waals surface area contributed by atoms with Crippen LogP contribution in [0.4, 0.5) is 5.69 Å². The van der Waals surface area contributed by atoms with Gasteiger partial charge in [0, 0.05) is 12.6 Å².